The number of likely N-dealkylation sites (tertiary alicyclic amines) is 1. The van der Waals surface area contributed by atoms with Gasteiger partial charge in [-0.3, -0.25) is 4.18 Å². The van der Waals surface area contributed by atoms with E-state index in [2.05, 4.69) is 0 Å². The highest BCUT2D eigenvalue weighted by molar-refractivity contribution is 7.86. The topological polar surface area (TPSA) is 83.9 Å². The van der Waals surface area contributed by atoms with Gasteiger partial charge in [0.1, 0.15) is 0 Å². The van der Waals surface area contributed by atoms with Crippen LogP contribution in [0.3, 0.4) is 0 Å². The molecule has 0 radical (unpaired) electrons. The van der Waals surface area contributed by atoms with Crippen molar-refractivity contribution in [2.75, 3.05) is 13.1 Å². The van der Waals surface area contributed by atoms with Crippen molar-refractivity contribution in [3.8, 4) is 0 Å². The molecule has 1 aromatic rings. The van der Waals surface area contributed by atoms with Crippen LogP contribution in [-0.4, -0.2) is 43.7 Å². The molecule has 0 spiro atoms. The summed E-state index contributed by atoms with van der Waals surface area (Å²) >= 11 is 0. The van der Waals surface area contributed by atoms with E-state index >= 15 is 0 Å². The Bertz CT molecular complexity index is 566. The first-order valence-electron chi connectivity index (χ1n) is 5.86. The first kappa shape index (κ1) is 13.8. The first-order chi connectivity index (χ1) is 8.88. The summed E-state index contributed by atoms with van der Waals surface area (Å²) in [5, 5.41) is 8.80. The molecule has 0 aliphatic carbocycles. The third-order valence-electron chi connectivity index (χ3n) is 2.99. The van der Waals surface area contributed by atoms with Crippen molar-refractivity contribution in [3.63, 3.8) is 0 Å². The molecule has 1 saturated heterocycles. The van der Waals surface area contributed by atoms with Crippen LogP contribution in [0.2, 0.25) is 0 Å². The summed E-state index contributed by atoms with van der Waals surface area (Å²) in [7, 11) is -3.83. The van der Waals surface area contributed by atoms with Gasteiger partial charge in [0.25, 0.3) is 10.1 Å². The SMILES string of the molecule is Cc1ccc(S(=O)(=O)O[C@@H]2CCN(C(=O)O)C2)cc1. The van der Waals surface area contributed by atoms with E-state index in [9.17, 15) is 13.2 Å². The maximum Gasteiger partial charge on any atom is 0.407 e. The van der Waals surface area contributed by atoms with Crippen molar-refractivity contribution in [1.29, 1.82) is 0 Å². The zero-order valence-corrected chi connectivity index (χ0v) is 11.3. The van der Waals surface area contributed by atoms with Crippen LogP contribution in [0.5, 0.6) is 0 Å². The molecule has 19 heavy (non-hydrogen) atoms. The van der Waals surface area contributed by atoms with Gasteiger partial charge in [0.05, 0.1) is 17.5 Å². The minimum absolute atomic E-state index is 0.0838. The summed E-state index contributed by atoms with van der Waals surface area (Å²) in [6.45, 7) is 2.24. The van der Waals surface area contributed by atoms with Crippen LogP contribution < -0.4 is 0 Å². The van der Waals surface area contributed by atoms with Gasteiger partial charge in [-0.25, -0.2) is 4.79 Å². The third kappa shape index (κ3) is 3.24. The fraction of sp³-hybridized carbons (Fsp3) is 0.417. The molecule has 1 fully saturated rings. The van der Waals surface area contributed by atoms with E-state index in [1.807, 2.05) is 6.92 Å². The Morgan fingerprint density at radius 3 is 2.53 bits per heavy atom. The van der Waals surface area contributed by atoms with Gasteiger partial charge < -0.3 is 10.0 Å². The van der Waals surface area contributed by atoms with Crippen molar-refractivity contribution < 1.29 is 22.5 Å². The molecule has 7 heteroatoms. The second kappa shape index (κ2) is 5.18. The van der Waals surface area contributed by atoms with Crippen LogP contribution in [0.4, 0.5) is 4.79 Å². The lowest BCUT2D eigenvalue weighted by molar-refractivity contribution is 0.146. The number of carbonyl (C=O) groups is 1. The summed E-state index contributed by atoms with van der Waals surface area (Å²) < 4.78 is 29.0. The molecule has 6 nitrogen and oxygen atoms in total. The van der Waals surface area contributed by atoms with Crippen LogP contribution in [0, 0.1) is 6.92 Å². The molecule has 1 aliphatic heterocycles. The Balaban J connectivity index is 2.06. The van der Waals surface area contributed by atoms with E-state index in [0.717, 1.165) is 10.5 Å². The molecule has 0 unspecified atom stereocenters. The van der Waals surface area contributed by atoms with Gasteiger partial charge in [0.2, 0.25) is 0 Å². The lowest BCUT2D eigenvalue weighted by Gasteiger charge is -2.13. The summed E-state index contributed by atoms with van der Waals surface area (Å²) in [5.41, 5.74) is 0.955. The zero-order chi connectivity index (χ0) is 14.0. The van der Waals surface area contributed by atoms with Gasteiger partial charge in [-0.1, -0.05) is 17.7 Å². The normalized spacial score (nSPS) is 19.6. The number of carboxylic acid groups (broad SMARTS) is 1. The van der Waals surface area contributed by atoms with E-state index in [-0.39, 0.29) is 11.4 Å². The molecule has 1 aliphatic rings. The summed E-state index contributed by atoms with van der Waals surface area (Å²) in [6.07, 6.45) is -1.28. The fourth-order valence-corrected chi connectivity index (χ4v) is 3.02. The Hall–Kier alpha value is -1.60. The number of hydrogen-bond acceptors (Lipinski definition) is 4. The fourth-order valence-electron chi connectivity index (χ4n) is 1.92. The van der Waals surface area contributed by atoms with E-state index in [4.69, 9.17) is 9.29 Å². The first-order valence-corrected chi connectivity index (χ1v) is 7.27. The van der Waals surface area contributed by atoms with Gasteiger partial charge in [-0.05, 0) is 25.5 Å². The molecule has 1 atom stereocenters. The lowest BCUT2D eigenvalue weighted by atomic mass is 10.2. The average Bonchev–Trinajstić information content (AvgIpc) is 2.77. The molecule has 1 heterocycles. The van der Waals surface area contributed by atoms with Crippen LogP contribution in [0.25, 0.3) is 0 Å². The Morgan fingerprint density at radius 1 is 1.37 bits per heavy atom. The van der Waals surface area contributed by atoms with E-state index in [0.29, 0.717) is 13.0 Å². The Kier molecular flexibility index (Phi) is 3.77. The maximum atomic E-state index is 12.0. The molecule has 0 bridgehead atoms. The zero-order valence-electron chi connectivity index (χ0n) is 10.4. The molecule has 1 aromatic carbocycles. The molecular formula is C12H15NO5S. The van der Waals surface area contributed by atoms with Gasteiger partial charge in [-0.15, -0.1) is 0 Å². The highest BCUT2D eigenvalue weighted by Crippen LogP contribution is 2.20. The predicted octanol–water partition coefficient (Wildman–Crippen LogP) is 1.45. The highest BCUT2D eigenvalue weighted by atomic mass is 32.2. The quantitative estimate of drug-likeness (QED) is 0.850. The summed E-state index contributed by atoms with van der Waals surface area (Å²) in [4.78, 5) is 12.0. The molecular weight excluding hydrogens is 270 g/mol. The monoisotopic (exact) mass is 285 g/mol. The molecule has 1 amide bonds. The van der Waals surface area contributed by atoms with E-state index < -0.39 is 22.3 Å². The second-order valence-electron chi connectivity index (χ2n) is 4.50. The maximum absolute atomic E-state index is 12.0. The van der Waals surface area contributed by atoms with E-state index in [1.165, 1.54) is 12.1 Å². The van der Waals surface area contributed by atoms with Gasteiger partial charge in [-0.2, -0.15) is 8.42 Å². The number of rotatable bonds is 3. The number of aryl methyl sites for hydroxylation is 1. The van der Waals surface area contributed by atoms with Crippen molar-refractivity contribution in [2.45, 2.75) is 24.3 Å². The summed E-state index contributed by atoms with van der Waals surface area (Å²) in [6, 6.07) is 6.34. The number of hydrogen-bond donors (Lipinski definition) is 1. The van der Waals surface area contributed by atoms with Crippen molar-refractivity contribution in [2.24, 2.45) is 0 Å². The standard InChI is InChI=1S/C12H15NO5S/c1-9-2-4-11(5-3-9)19(16,17)18-10-6-7-13(8-10)12(14)15/h2-5,10H,6-8H2,1H3,(H,14,15)/t10-/m1/s1. The number of amides is 1. The Labute approximate surface area is 111 Å². The van der Waals surface area contributed by atoms with Crippen LogP contribution >= 0.6 is 0 Å². The van der Waals surface area contributed by atoms with Gasteiger partial charge >= 0.3 is 6.09 Å². The van der Waals surface area contributed by atoms with E-state index in [1.54, 1.807) is 12.1 Å². The van der Waals surface area contributed by atoms with Crippen molar-refractivity contribution >= 4 is 16.2 Å². The van der Waals surface area contributed by atoms with Crippen molar-refractivity contribution in [1.82, 2.24) is 4.90 Å². The predicted molar refractivity (Wildman–Crippen MR) is 67.5 cm³/mol. The lowest BCUT2D eigenvalue weighted by Crippen LogP contribution is -2.29. The number of nitrogens with zero attached hydrogens (tertiary/aromatic N) is 1. The second-order valence-corrected chi connectivity index (χ2v) is 6.07. The van der Waals surface area contributed by atoms with Crippen LogP contribution in [0.15, 0.2) is 29.2 Å². The molecule has 104 valence electrons. The molecule has 1 N–H and O–H groups in total. The van der Waals surface area contributed by atoms with Crippen LogP contribution in [0.1, 0.15) is 12.0 Å². The average molecular weight is 285 g/mol. The summed E-state index contributed by atoms with van der Waals surface area (Å²) in [5.74, 6) is 0. The Morgan fingerprint density at radius 2 is 2.00 bits per heavy atom. The third-order valence-corrected chi connectivity index (χ3v) is 4.36. The van der Waals surface area contributed by atoms with Gasteiger partial charge in [0, 0.05) is 6.54 Å². The number of benzene rings is 1. The molecule has 0 saturated carbocycles. The minimum atomic E-state index is -3.83. The van der Waals surface area contributed by atoms with Crippen LogP contribution in [-0.2, 0) is 14.3 Å². The molecule has 0 aromatic heterocycles. The minimum Gasteiger partial charge on any atom is -0.465 e. The molecule has 2 rings (SSSR count). The van der Waals surface area contributed by atoms with Gasteiger partial charge in [0.15, 0.2) is 0 Å². The smallest absolute Gasteiger partial charge is 0.407 e. The highest BCUT2D eigenvalue weighted by Gasteiger charge is 2.30. The largest absolute Gasteiger partial charge is 0.465 e. The van der Waals surface area contributed by atoms with Crippen molar-refractivity contribution in [3.05, 3.63) is 29.8 Å².